The van der Waals surface area contributed by atoms with Crippen molar-refractivity contribution < 1.29 is 9.53 Å². The molecule has 26 heavy (non-hydrogen) atoms. The number of nitrogens with zero attached hydrogens (tertiary/aromatic N) is 1. The van der Waals surface area contributed by atoms with E-state index in [1.165, 1.54) is 11.3 Å². The summed E-state index contributed by atoms with van der Waals surface area (Å²) in [5.74, 6) is 0.322. The standard InChI is InChI=1S/C20H15ClN2O2S/c1-2-25-16-10-7-12-5-3-4-6-14(12)18(16)19(24)23-20-22-15-9-8-13(21)11-17(15)26-20/h3-11H,2H2,1H3,(H,22,23,24). The van der Waals surface area contributed by atoms with Crippen LogP contribution in [0.4, 0.5) is 5.13 Å². The maximum atomic E-state index is 13.0. The van der Waals surface area contributed by atoms with Crippen molar-refractivity contribution in [2.24, 2.45) is 0 Å². The molecule has 4 aromatic rings. The van der Waals surface area contributed by atoms with Gasteiger partial charge in [0.05, 0.1) is 22.4 Å². The van der Waals surface area contributed by atoms with Gasteiger partial charge in [0.2, 0.25) is 0 Å². The molecule has 4 nitrogen and oxygen atoms in total. The van der Waals surface area contributed by atoms with E-state index in [2.05, 4.69) is 10.3 Å². The number of thiazole rings is 1. The molecular formula is C20H15ClN2O2S. The molecule has 0 unspecified atom stereocenters. The Labute approximate surface area is 159 Å². The average Bonchev–Trinajstić information content (AvgIpc) is 3.02. The SMILES string of the molecule is CCOc1ccc2ccccc2c1C(=O)Nc1nc2ccc(Cl)cc2s1. The van der Waals surface area contributed by atoms with Crippen LogP contribution in [0.25, 0.3) is 21.0 Å². The molecule has 4 rings (SSSR count). The summed E-state index contributed by atoms with van der Waals surface area (Å²) in [7, 11) is 0. The van der Waals surface area contributed by atoms with Gasteiger partial charge in [-0.05, 0) is 42.0 Å². The van der Waals surface area contributed by atoms with Gasteiger partial charge in [-0.25, -0.2) is 4.98 Å². The number of carbonyl (C=O) groups is 1. The number of amides is 1. The van der Waals surface area contributed by atoms with E-state index in [1.807, 2.05) is 55.5 Å². The zero-order chi connectivity index (χ0) is 18.1. The van der Waals surface area contributed by atoms with E-state index in [-0.39, 0.29) is 5.91 Å². The van der Waals surface area contributed by atoms with Crippen LogP contribution in [-0.2, 0) is 0 Å². The van der Waals surface area contributed by atoms with Gasteiger partial charge in [0.25, 0.3) is 5.91 Å². The Bertz CT molecular complexity index is 1120. The van der Waals surface area contributed by atoms with E-state index in [4.69, 9.17) is 16.3 Å². The predicted octanol–water partition coefficient (Wildman–Crippen LogP) is 5.75. The number of anilines is 1. The van der Waals surface area contributed by atoms with Crippen LogP contribution in [0, 0.1) is 0 Å². The normalized spacial score (nSPS) is 11.0. The van der Waals surface area contributed by atoms with Crippen molar-refractivity contribution in [3.05, 3.63) is 65.2 Å². The van der Waals surface area contributed by atoms with Crippen LogP contribution in [0.1, 0.15) is 17.3 Å². The van der Waals surface area contributed by atoms with Gasteiger partial charge in [-0.3, -0.25) is 10.1 Å². The number of aromatic nitrogens is 1. The summed E-state index contributed by atoms with van der Waals surface area (Å²) in [6, 6.07) is 17.0. The number of fused-ring (bicyclic) bond motifs is 2. The first-order valence-electron chi connectivity index (χ1n) is 8.17. The van der Waals surface area contributed by atoms with Crippen molar-refractivity contribution >= 4 is 55.0 Å². The van der Waals surface area contributed by atoms with Crippen molar-refractivity contribution in [1.82, 2.24) is 4.98 Å². The summed E-state index contributed by atoms with van der Waals surface area (Å²) in [5, 5.41) is 5.91. The van der Waals surface area contributed by atoms with Crippen molar-refractivity contribution in [1.29, 1.82) is 0 Å². The van der Waals surface area contributed by atoms with Crippen molar-refractivity contribution in [3.8, 4) is 5.75 Å². The zero-order valence-corrected chi connectivity index (χ0v) is 15.5. The Morgan fingerprint density at radius 1 is 1.19 bits per heavy atom. The first-order chi connectivity index (χ1) is 12.7. The fourth-order valence-electron chi connectivity index (χ4n) is 2.87. The number of halogens is 1. The maximum absolute atomic E-state index is 13.0. The highest BCUT2D eigenvalue weighted by atomic mass is 35.5. The molecule has 0 aliphatic rings. The molecule has 1 heterocycles. The number of benzene rings is 3. The first-order valence-corrected chi connectivity index (χ1v) is 9.37. The fourth-order valence-corrected chi connectivity index (χ4v) is 4.01. The summed E-state index contributed by atoms with van der Waals surface area (Å²) >= 11 is 7.42. The summed E-state index contributed by atoms with van der Waals surface area (Å²) in [4.78, 5) is 17.5. The molecule has 0 fully saturated rings. The van der Waals surface area contributed by atoms with E-state index in [1.54, 1.807) is 6.07 Å². The lowest BCUT2D eigenvalue weighted by Crippen LogP contribution is -2.14. The van der Waals surface area contributed by atoms with Gasteiger partial charge in [-0.2, -0.15) is 0 Å². The van der Waals surface area contributed by atoms with Crippen LogP contribution >= 0.6 is 22.9 Å². The molecule has 0 radical (unpaired) electrons. The number of hydrogen-bond donors (Lipinski definition) is 1. The van der Waals surface area contributed by atoms with E-state index < -0.39 is 0 Å². The second-order valence-corrected chi connectivity index (χ2v) is 7.15. The Balaban J connectivity index is 1.75. The Kier molecular flexibility index (Phi) is 4.49. The minimum absolute atomic E-state index is 0.240. The van der Waals surface area contributed by atoms with Crippen molar-refractivity contribution in [3.63, 3.8) is 0 Å². The van der Waals surface area contributed by atoms with Crippen LogP contribution in [-0.4, -0.2) is 17.5 Å². The first kappa shape index (κ1) is 16.8. The monoisotopic (exact) mass is 382 g/mol. The van der Waals surface area contributed by atoms with Gasteiger partial charge in [-0.1, -0.05) is 53.3 Å². The summed E-state index contributed by atoms with van der Waals surface area (Å²) in [6.07, 6.45) is 0. The third-order valence-corrected chi connectivity index (χ3v) is 5.16. The number of hydrogen-bond acceptors (Lipinski definition) is 4. The summed E-state index contributed by atoms with van der Waals surface area (Å²) in [5.41, 5.74) is 1.32. The van der Waals surface area contributed by atoms with Gasteiger partial charge < -0.3 is 4.74 Å². The van der Waals surface area contributed by atoms with Crippen LogP contribution in [0.15, 0.2) is 54.6 Å². The Hall–Kier alpha value is -2.63. The molecule has 130 valence electrons. The summed E-state index contributed by atoms with van der Waals surface area (Å²) in [6.45, 7) is 2.38. The van der Waals surface area contributed by atoms with Gasteiger partial charge in [-0.15, -0.1) is 0 Å². The third-order valence-electron chi connectivity index (χ3n) is 3.99. The van der Waals surface area contributed by atoms with Crippen molar-refractivity contribution in [2.75, 3.05) is 11.9 Å². The van der Waals surface area contributed by atoms with Crippen LogP contribution < -0.4 is 10.1 Å². The average molecular weight is 383 g/mol. The molecule has 1 amide bonds. The Morgan fingerprint density at radius 2 is 2.04 bits per heavy atom. The topological polar surface area (TPSA) is 51.2 Å². The molecule has 0 atom stereocenters. The molecule has 0 aliphatic carbocycles. The maximum Gasteiger partial charge on any atom is 0.261 e. The molecular weight excluding hydrogens is 368 g/mol. The number of ether oxygens (including phenoxy) is 1. The second kappa shape index (κ2) is 6.94. The molecule has 0 aliphatic heterocycles. The minimum atomic E-state index is -0.240. The van der Waals surface area contributed by atoms with E-state index >= 15 is 0 Å². The lowest BCUT2D eigenvalue weighted by Gasteiger charge is -2.12. The van der Waals surface area contributed by atoms with Crippen LogP contribution in [0.2, 0.25) is 5.02 Å². The van der Waals surface area contributed by atoms with Gasteiger partial charge in [0, 0.05) is 5.02 Å². The third kappa shape index (κ3) is 3.11. The molecule has 0 saturated heterocycles. The lowest BCUT2D eigenvalue weighted by atomic mass is 10.0. The van der Waals surface area contributed by atoms with E-state index in [0.717, 1.165) is 21.0 Å². The highest BCUT2D eigenvalue weighted by Crippen LogP contribution is 2.32. The van der Waals surface area contributed by atoms with Crippen molar-refractivity contribution in [2.45, 2.75) is 6.92 Å². The largest absolute Gasteiger partial charge is 0.493 e. The molecule has 0 spiro atoms. The van der Waals surface area contributed by atoms with E-state index in [0.29, 0.717) is 28.1 Å². The second-order valence-electron chi connectivity index (χ2n) is 5.68. The number of carbonyl (C=O) groups excluding carboxylic acids is 1. The molecule has 1 aromatic heterocycles. The summed E-state index contributed by atoms with van der Waals surface area (Å²) < 4.78 is 6.61. The van der Waals surface area contributed by atoms with Crippen LogP contribution in [0.5, 0.6) is 5.75 Å². The van der Waals surface area contributed by atoms with Gasteiger partial charge >= 0.3 is 0 Å². The zero-order valence-electron chi connectivity index (χ0n) is 14.0. The quantitative estimate of drug-likeness (QED) is 0.488. The van der Waals surface area contributed by atoms with Gasteiger partial charge in [0.15, 0.2) is 5.13 Å². The minimum Gasteiger partial charge on any atom is -0.493 e. The fraction of sp³-hybridized carbons (Fsp3) is 0.100. The predicted molar refractivity (Wildman–Crippen MR) is 108 cm³/mol. The van der Waals surface area contributed by atoms with Crippen LogP contribution in [0.3, 0.4) is 0 Å². The molecule has 1 N–H and O–H groups in total. The highest BCUT2D eigenvalue weighted by molar-refractivity contribution is 7.22. The lowest BCUT2D eigenvalue weighted by molar-refractivity contribution is 0.102. The van der Waals surface area contributed by atoms with Gasteiger partial charge in [0.1, 0.15) is 5.75 Å². The van der Waals surface area contributed by atoms with E-state index in [9.17, 15) is 4.79 Å². The highest BCUT2D eigenvalue weighted by Gasteiger charge is 2.18. The molecule has 0 bridgehead atoms. The Morgan fingerprint density at radius 3 is 2.88 bits per heavy atom. The molecule has 3 aromatic carbocycles. The molecule has 0 saturated carbocycles. The number of nitrogens with one attached hydrogen (secondary N) is 1. The molecule has 6 heteroatoms. The smallest absolute Gasteiger partial charge is 0.261 e. The number of rotatable bonds is 4.